The molecular formula is C13H18N2O2S. The lowest BCUT2D eigenvalue weighted by Gasteiger charge is -2.09. The van der Waals surface area contributed by atoms with Crippen LogP contribution >= 0.6 is 0 Å². The van der Waals surface area contributed by atoms with Crippen LogP contribution in [-0.4, -0.2) is 13.7 Å². The first kappa shape index (κ1) is 14.7. The number of nitrogens with zero attached hydrogens (tertiary/aromatic N) is 1. The zero-order chi connectivity index (χ0) is 13.8. The molecule has 5 heteroatoms. The summed E-state index contributed by atoms with van der Waals surface area (Å²) in [5, 5.41) is 7.56. The van der Waals surface area contributed by atoms with E-state index in [1.54, 1.807) is 6.07 Å². The van der Waals surface area contributed by atoms with E-state index in [1.807, 2.05) is 24.3 Å². The highest BCUT2D eigenvalue weighted by Gasteiger charge is 2.19. The van der Waals surface area contributed by atoms with Gasteiger partial charge in [-0.1, -0.05) is 38.1 Å². The largest absolute Gasteiger partial charge is 0.227 e. The van der Waals surface area contributed by atoms with Gasteiger partial charge < -0.3 is 0 Å². The molecular weight excluding hydrogens is 248 g/mol. The minimum absolute atomic E-state index is 0.215. The van der Waals surface area contributed by atoms with Gasteiger partial charge >= 0.3 is 0 Å². The number of hydrogen-bond donors (Lipinski definition) is 1. The van der Waals surface area contributed by atoms with Gasteiger partial charge in [-0.15, -0.1) is 0 Å². The summed E-state index contributed by atoms with van der Waals surface area (Å²) in [4.78, 5) is 0. The summed E-state index contributed by atoms with van der Waals surface area (Å²) in [6.45, 7) is 5.79. The molecule has 0 aliphatic carbocycles. The van der Waals surface area contributed by atoms with Crippen molar-refractivity contribution in [3.8, 4) is 6.07 Å². The zero-order valence-electron chi connectivity index (χ0n) is 10.8. The summed E-state index contributed by atoms with van der Waals surface area (Å²) in [5.74, 6) is 0.453. The fourth-order valence-corrected chi connectivity index (χ4v) is 2.16. The SMILES string of the molecule is CC(C)c1ccc(CNS(=O)(=O)C(C)C#N)cc1. The second-order valence-corrected chi connectivity index (χ2v) is 6.62. The van der Waals surface area contributed by atoms with Gasteiger partial charge in [-0.2, -0.15) is 5.26 Å². The smallest absolute Gasteiger partial charge is 0.211 e. The van der Waals surface area contributed by atoms with Crippen LogP contribution in [0.5, 0.6) is 0 Å². The monoisotopic (exact) mass is 266 g/mol. The Bertz CT molecular complexity index is 527. The summed E-state index contributed by atoms with van der Waals surface area (Å²) in [6, 6.07) is 9.49. The molecule has 0 radical (unpaired) electrons. The number of sulfonamides is 1. The van der Waals surface area contributed by atoms with E-state index >= 15 is 0 Å². The maximum Gasteiger partial charge on any atom is 0.227 e. The topological polar surface area (TPSA) is 70.0 Å². The first-order valence-electron chi connectivity index (χ1n) is 5.83. The van der Waals surface area contributed by atoms with E-state index in [0.29, 0.717) is 5.92 Å². The van der Waals surface area contributed by atoms with Crippen LogP contribution in [0.1, 0.15) is 37.8 Å². The molecule has 0 heterocycles. The average molecular weight is 266 g/mol. The van der Waals surface area contributed by atoms with Crippen molar-refractivity contribution in [2.45, 2.75) is 38.5 Å². The first-order chi connectivity index (χ1) is 8.36. The summed E-state index contributed by atoms with van der Waals surface area (Å²) in [6.07, 6.45) is 0. The Kier molecular flexibility index (Phi) is 4.88. The van der Waals surface area contributed by atoms with Gasteiger partial charge in [0, 0.05) is 6.54 Å². The molecule has 0 aromatic heterocycles. The van der Waals surface area contributed by atoms with Gasteiger partial charge in [0.15, 0.2) is 5.25 Å². The second kappa shape index (κ2) is 5.98. The first-order valence-corrected chi connectivity index (χ1v) is 7.38. The minimum Gasteiger partial charge on any atom is -0.211 e. The predicted octanol–water partition coefficient (Wildman–Crippen LogP) is 2.14. The number of nitrogens with one attached hydrogen (secondary N) is 1. The molecule has 18 heavy (non-hydrogen) atoms. The molecule has 0 bridgehead atoms. The van der Waals surface area contributed by atoms with Crippen molar-refractivity contribution in [3.05, 3.63) is 35.4 Å². The van der Waals surface area contributed by atoms with Gasteiger partial charge in [0.25, 0.3) is 0 Å². The number of rotatable bonds is 5. The predicted molar refractivity (Wildman–Crippen MR) is 71.4 cm³/mol. The highest BCUT2D eigenvalue weighted by Crippen LogP contribution is 2.14. The van der Waals surface area contributed by atoms with Crippen molar-refractivity contribution in [2.75, 3.05) is 0 Å². The molecule has 0 amide bonds. The third-order valence-corrected chi connectivity index (χ3v) is 4.35. The van der Waals surface area contributed by atoms with Crippen molar-refractivity contribution in [1.29, 1.82) is 5.26 Å². The van der Waals surface area contributed by atoms with E-state index in [2.05, 4.69) is 18.6 Å². The van der Waals surface area contributed by atoms with Crippen LogP contribution in [0.15, 0.2) is 24.3 Å². The van der Waals surface area contributed by atoms with Crippen molar-refractivity contribution >= 4 is 10.0 Å². The molecule has 0 fully saturated rings. The second-order valence-electron chi connectivity index (χ2n) is 4.53. The Balaban J connectivity index is 2.68. The summed E-state index contributed by atoms with van der Waals surface area (Å²) in [5.41, 5.74) is 2.10. The lowest BCUT2D eigenvalue weighted by atomic mass is 10.0. The molecule has 4 nitrogen and oxygen atoms in total. The van der Waals surface area contributed by atoms with Gasteiger partial charge in [-0.05, 0) is 24.0 Å². The van der Waals surface area contributed by atoms with Gasteiger partial charge in [0.2, 0.25) is 10.0 Å². The van der Waals surface area contributed by atoms with Gasteiger partial charge in [-0.3, -0.25) is 0 Å². The summed E-state index contributed by atoms with van der Waals surface area (Å²) < 4.78 is 25.6. The standard InChI is InChI=1S/C13H18N2O2S/c1-10(2)13-6-4-12(5-7-13)9-15-18(16,17)11(3)8-14/h4-7,10-11,15H,9H2,1-3H3. The molecule has 98 valence electrons. The Morgan fingerprint density at radius 3 is 2.22 bits per heavy atom. The van der Waals surface area contributed by atoms with Crippen LogP contribution in [0, 0.1) is 11.3 Å². The Hall–Kier alpha value is -1.38. The molecule has 0 saturated heterocycles. The molecule has 1 atom stereocenters. The molecule has 1 N–H and O–H groups in total. The molecule has 1 unspecified atom stereocenters. The van der Waals surface area contributed by atoms with E-state index < -0.39 is 15.3 Å². The van der Waals surface area contributed by atoms with Crippen LogP contribution in [0.2, 0.25) is 0 Å². The van der Waals surface area contributed by atoms with E-state index in [4.69, 9.17) is 5.26 Å². The zero-order valence-corrected chi connectivity index (χ0v) is 11.7. The quantitative estimate of drug-likeness (QED) is 0.887. The molecule has 0 aliphatic rings. The van der Waals surface area contributed by atoms with Crippen molar-refractivity contribution in [2.24, 2.45) is 0 Å². The lowest BCUT2D eigenvalue weighted by Crippen LogP contribution is -2.31. The maximum absolute atomic E-state index is 11.6. The Morgan fingerprint density at radius 1 is 1.22 bits per heavy atom. The van der Waals surface area contributed by atoms with Crippen LogP contribution < -0.4 is 4.72 Å². The number of benzene rings is 1. The van der Waals surface area contributed by atoms with Gasteiger partial charge in [0.1, 0.15) is 0 Å². The molecule has 0 aliphatic heterocycles. The van der Waals surface area contributed by atoms with Crippen molar-refractivity contribution < 1.29 is 8.42 Å². The molecule has 0 saturated carbocycles. The van der Waals surface area contributed by atoms with Crippen LogP contribution in [0.3, 0.4) is 0 Å². The normalized spacial score (nSPS) is 13.3. The lowest BCUT2D eigenvalue weighted by molar-refractivity contribution is 0.577. The van der Waals surface area contributed by atoms with Gasteiger partial charge in [-0.25, -0.2) is 13.1 Å². The number of hydrogen-bond acceptors (Lipinski definition) is 3. The van der Waals surface area contributed by atoms with E-state index in [9.17, 15) is 8.42 Å². The molecule has 0 spiro atoms. The third kappa shape index (κ3) is 3.83. The minimum atomic E-state index is -3.55. The van der Waals surface area contributed by atoms with E-state index in [-0.39, 0.29) is 6.54 Å². The fourth-order valence-electron chi connectivity index (χ4n) is 1.40. The number of nitriles is 1. The van der Waals surface area contributed by atoms with E-state index in [0.717, 1.165) is 5.56 Å². The molecule has 1 rings (SSSR count). The maximum atomic E-state index is 11.6. The Labute approximate surface area is 109 Å². The highest BCUT2D eigenvalue weighted by molar-refractivity contribution is 7.90. The fraction of sp³-hybridized carbons (Fsp3) is 0.462. The van der Waals surface area contributed by atoms with Crippen LogP contribution in [-0.2, 0) is 16.6 Å². The molecule has 1 aromatic carbocycles. The summed E-state index contributed by atoms with van der Waals surface area (Å²) in [7, 11) is -3.55. The van der Waals surface area contributed by atoms with E-state index in [1.165, 1.54) is 12.5 Å². The molecule has 1 aromatic rings. The average Bonchev–Trinajstić information content (AvgIpc) is 2.35. The van der Waals surface area contributed by atoms with Gasteiger partial charge in [0.05, 0.1) is 6.07 Å². The third-order valence-electron chi connectivity index (χ3n) is 2.77. The Morgan fingerprint density at radius 2 is 1.78 bits per heavy atom. The summed E-state index contributed by atoms with van der Waals surface area (Å²) >= 11 is 0. The van der Waals surface area contributed by atoms with Crippen LogP contribution in [0.4, 0.5) is 0 Å². The highest BCUT2D eigenvalue weighted by atomic mass is 32.2. The van der Waals surface area contributed by atoms with Crippen LogP contribution in [0.25, 0.3) is 0 Å². The van der Waals surface area contributed by atoms with Crippen molar-refractivity contribution in [3.63, 3.8) is 0 Å². The van der Waals surface area contributed by atoms with Crippen molar-refractivity contribution in [1.82, 2.24) is 4.72 Å².